The molecule has 3 nitrogen and oxygen atoms in total. The van der Waals surface area contributed by atoms with Gasteiger partial charge in [0.1, 0.15) is 0 Å². The van der Waals surface area contributed by atoms with Crippen LogP contribution in [0.3, 0.4) is 0 Å². The van der Waals surface area contributed by atoms with Crippen molar-refractivity contribution >= 4 is 23.2 Å². The maximum absolute atomic E-state index is 12.6. The zero-order chi connectivity index (χ0) is 15.0. The number of alkyl halides is 1. The Bertz CT molecular complexity index is 546. The molecule has 1 amide bonds. The fraction of sp³-hybridized carbons (Fsp3) is 0.588. The zero-order valence-electron chi connectivity index (χ0n) is 12.8. The van der Waals surface area contributed by atoms with Crippen LogP contribution in [0, 0.1) is 6.92 Å². The van der Waals surface area contributed by atoms with Crippen molar-refractivity contribution in [1.29, 1.82) is 0 Å². The van der Waals surface area contributed by atoms with Crippen molar-refractivity contribution in [2.75, 3.05) is 30.9 Å². The molecular formula is C17H23ClN2O. The lowest BCUT2D eigenvalue weighted by molar-refractivity contribution is -0.119. The Labute approximate surface area is 131 Å². The fourth-order valence-corrected chi connectivity index (χ4v) is 3.88. The largest absolute Gasteiger partial charge is 0.308 e. The van der Waals surface area contributed by atoms with E-state index in [1.165, 1.54) is 11.1 Å². The number of rotatable bonds is 3. The Morgan fingerprint density at radius 1 is 1.43 bits per heavy atom. The minimum absolute atomic E-state index is 0.234. The number of amides is 1. The van der Waals surface area contributed by atoms with Gasteiger partial charge >= 0.3 is 0 Å². The standard InChI is InChI=1S/C17H23ClN2O/c1-12-5-6-15-13(10-12)14-11-19(2)9-7-16(14)20(15)17(21)4-3-8-18/h5-6,10,14,16H,3-4,7-9,11H2,1-2H3. The number of anilines is 1. The summed E-state index contributed by atoms with van der Waals surface area (Å²) in [4.78, 5) is 17.1. The molecule has 114 valence electrons. The molecule has 0 spiro atoms. The highest BCUT2D eigenvalue weighted by Gasteiger charge is 2.43. The molecule has 1 saturated heterocycles. The second-order valence-electron chi connectivity index (χ2n) is 6.34. The van der Waals surface area contributed by atoms with E-state index in [9.17, 15) is 4.79 Å². The summed E-state index contributed by atoms with van der Waals surface area (Å²) < 4.78 is 0. The number of benzene rings is 1. The van der Waals surface area contributed by atoms with E-state index < -0.39 is 0 Å². The highest BCUT2D eigenvalue weighted by atomic mass is 35.5. The Morgan fingerprint density at radius 3 is 3.00 bits per heavy atom. The van der Waals surface area contributed by atoms with Crippen molar-refractivity contribution in [3.05, 3.63) is 29.3 Å². The predicted octanol–water partition coefficient (Wildman–Crippen LogP) is 3.15. The van der Waals surface area contributed by atoms with E-state index in [2.05, 4.69) is 42.0 Å². The number of carbonyl (C=O) groups is 1. The number of fused-ring (bicyclic) bond motifs is 3. The van der Waals surface area contributed by atoms with Crippen LogP contribution in [-0.4, -0.2) is 42.9 Å². The molecule has 0 aliphatic carbocycles. The van der Waals surface area contributed by atoms with Crippen LogP contribution in [0.1, 0.15) is 36.3 Å². The van der Waals surface area contributed by atoms with Gasteiger partial charge in [0.05, 0.1) is 0 Å². The van der Waals surface area contributed by atoms with E-state index in [0.29, 0.717) is 24.3 Å². The number of aryl methyl sites for hydroxylation is 1. The molecule has 2 aliphatic rings. The van der Waals surface area contributed by atoms with E-state index >= 15 is 0 Å². The Kier molecular flexibility index (Phi) is 4.23. The molecule has 1 aromatic rings. The molecule has 2 heterocycles. The van der Waals surface area contributed by atoms with Gasteiger partial charge in [-0.2, -0.15) is 0 Å². The van der Waals surface area contributed by atoms with E-state index in [-0.39, 0.29) is 5.91 Å². The molecule has 2 aliphatic heterocycles. The van der Waals surface area contributed by atoms with Crippen LogP contribution in [0.4, 0.5) is 5.69 Å². The van der Waals surface area contributed by atoms with Crippen LogP contribution >= 0.6 is 11.6 Å². The van der Waals surface area contributed by atoms with Crippen LogP contribution in [0.25, 0.3) is 0 Å². The summed E-state index contributed by atoms with van der Waals surface area (Å²) >= 11 is 5.75. The molecular weight excluding hydrogens is 284 g/mol. The summed E-state index contributed by atoms with van der Waals surface area (Å²) in [6.45, 7) is 4.23. The summed E-state index contributed by atoms with van der Waals surface area (Å²) in [5.41, 5.74) is 3.76. The van der Waals surface area contributed by atoms with Crippen molar-refractivity contribution in [2.24, 2.45) is 0 Å². The van der Waals surface area contributed by atoms with Gasteiger partial charge in [0.15, 0.2) is 0 Å². The van der Waals surface area contributed by atoms with Crippen LogP contribution < -0.4 is 4.90 Å². The number of hydrogen-bond donors (Lipinski definition) is 0. The summed E-state index contributed by atoms with van der Waals surface area (Å²) in [7, 11) is 2.17. The van der Waals surface area contributed by atoms with Crippen LogP contribution in [0.2, 0.25) is 0 Å². The zero-order valence-corrected chi connectivity index (χ0v) is 13.6. The van der Waals surface area contributed by atoms with Crippen LogP contribution in [0.15, 0.2) is 18.2 Å². The monoisotopic (exact) mass is 306 g/mol. The van der Waals surface area contributed by atoms with Gasteiger partial charge in [0.25, 0.3) is 0 Å². The minimum Gasteiger partial charge on any atom is -0.308 e. The Hall–Kier alpha value is -1.06. The van der Waals surface area contributed by atoms with Gasteiger partial charge in [-0.3, -0.25) is 4.79 Å². The first kappa shape index (κ1) is 14.9. The first-order chi connectivity index (χ1) is 10.1. The third kappa shape index (κ3) is 2.69. The first-order valence-electron chi connectivity index (χ1n) is 7.79. The number of likely N-dealkylation sites (N-methyl/N-ethyl adjacent to an activating group) is 1. The van der Waals surface area contributed by atoms with Crippen molar-refractivity contribution in [3.8, 4) is 0 Å². The van der Waals surface area contributed by atoms with Gasteiger partial charge < -0.3 is 9.80 Å². The lowest BCUT2D eigenvalue weighted by atomic mass is 9.89. The molecule has 2 unspecified atom stereocenters. The lowest BCUT2D eigenvalue weighted by Gasteiger charge is -2.36. The van der Waals surface area contributed by atoms with Gasteiger partial charge in [-0.25, -0.2) is 0 Å². The van der Waals surface area contributed by atoms with Crippen LogP contribution in [0.5, 0.6) is 0 Å². The fourth-order valence-electron chi connectivity index (χ4n) is 3.74. The highest BCUT2D eigenvalue weighted by Crippen LogP contribution is 2.45. The van der Waals surface area contributed by atoms with Crippen molar-refractivity contribution in [1.82, 2.24) is 4.90 Å². The second kappa shape index (κ2) is 5.98. The van der Waals surface area contributed by atoms with Crippen molar-refractivity contribution in [3.63, 3.8) is 0 Å². The summed E-state index contributed by atoms with van der Waals surface area (Å²) in [5.74, 6) is 1.24. The number of halogens is 1. The van der Waals surface area contributed by atoms with E-state index in [0.717, 1.165) is 31.6 Å². The third-order valence-corrected chi connectivity index (χ3v) is 5.01. The Balaban J connectivity index is 1.95. The average Bonchev–Trinajstić information content (AvgIpc) is 2.78. The molecule has 1 fully saturated rings. The maximum Gasteiger partial charge on any atom is 0.227 e. The number of piperidine rings is 1. The topological polar surface area (TPSA) is 23.6 Å². The molecule has 0 aromatic heterocycles. The molecule has 0 N–H and O–H groups in total. The molecule has 0 saturated carbocycles. The minimum atomic E-state index is 0.234. The first-order valence-corrected chi connectivity index (χ1v) is 8.32. The van der Waals surface area contributed by atoms with Gasteiger partial charge in [0.2, 0.25) is 5.91 Å². The lowest BCUT2D eigenvalue weighted by Crippen LogP contribution is -2.47. The normalized spacial score (nSPS) is 24.8. The quantitative estimate of drug-likeness (QED) is 0.801. The van der Waals surface area contributed by atoms with E-state index in [1.807, 2.05) is 0 Å². The molecule has 0 radical (unpaired) electrons. The maximum atomic E-state index is 12.6. The number of nitrogens with zero attached hydrogens (tertiary/aromatic N) is 2. The van der Waals surface area contributed by atoms with Crippen LogP contribution in [-0.2, 0) is 4.79 Å². The van der Waals surface area contributed by atoms with Gasteiger partial charge in [0, 0.05) is 36.5 Å². The number of carbonyl (C=O) groups excluding carboxylic acids is 1. The number of likely N-dealkylation sites (tertiary alicyclic amines) is 1. The summed E-state index contributed by atoms with van der Waals surface area (Å²) in [6, 6.07) is 6.84. The molecule has 3 rings (SSSR count). The van der Waals surface area contributed by atoms with E-state index in [4.69, 9.17) is 11.6 Å². The molecule has 2 atom stereocenters. The smallest absolute Gasteiger partial charge is 0.227 e. The van der Waals surface area contributed by atoms with E-state index in [1.54, 1.807) is 0 Å². The second-order valence-corrected chi connectivity index (χ2v) is 6.72. The average molecular weight is 307 g/mol. The number of hydrogen-bond acceptors (Lipinski definition) is 2. The SMILES string of the molecule is Cc1ccc2c(c1)C1CN(C)CCC1N2C(=O)CCCCl. The van der Waals surface area contributed by atoms with Gasteiger partial charge in [-0.1, -0.05) is 17.7 Å². The molecule has 21 heavy (non-hydrogen) atoms. The summed E-state index contributed by atoms with van der Waals surface area (Å²) in [5, 5.41) is 0. The van der Waals surface area contributed by atoms with Gasteiger partial charge in [-0.05, 0) is 45.0 Å². The van der Waals surface area contributed by atoms with Crippen molar-refractivity contribution in [2.45, 2.75) is 38.1 Å². The molecule has 0 bridgehead atoms. The molecule has 1 aromatic carbocycles. The Morgan fingerprint density at radius 2 is 2.24 bits per heavy atom. The predicted molar refractivity (Wildman–Crippen MR) is 87.3 cm³/mol. The highest BCUT2D eigenvalue weighted by molar-refractivity contribution is 6.18. The summed E-state index contributed by atoms with van der Waals surface area (Å²) in [6.07, 6.45) is 2.37. The third-order valence-electron chi connectivity index (χ3n) is 4.75. The van der Waals surface area contributed by atoms with Gasteiger partial charge in [-0.15, -0.1) is 11.6 Å². The van der Waals surface area contributed by atoms with Crippen molar-refractivity contribution < 1.29 is 4.79 Å². The molecule has 4 heteroatoms.